The average Bonchev–Trinajstić information content (AvgIpc) is 2.32. The summed E-state index contributed by atoms with van der Waals surface area (Å²) in [5.74, 6) is -1.02. The van der Waals surface area contributed by atoms with Crippen LogP contribution in [0.2, 0.25) is 5.02 Å². The van der Waals surface area contributed by atoms with Gasteiger partial charge in [0.25, 0.3) is 0 Å². The summed E-state index contributed by atoms with van der Waals surface area (Å²) in [6.07, 6.45) is 1.36. The van der Waals surface area contributed by atoms with Crippen LogP contribution in [-0.4, -0.2) is 21.3 Å². The van der Waals surface area contributed by atoms with Crippen molar-refractivity contribution in [3.63, 3.8) is 0 Å². The van der Waals surface area contributed by atoms with Crippen molar-refractivity contribution in [3.05, 3.63) is 47.1 Å². The van der Waals surface area contributed by atoms with E-state index in [1.807, 2.05) is 0 Å². The van der Waals surface area contributed by atoms with E-state index in [9.17, 15) is 4.79 Å². The Morgan fingerprint density at radius 1 is 1.24 bits per heavy atom. The molecule has 0 aliphatic rings. The summed E-state index contributed by atoms with van der Waals surface area (Å²) < 4.78 is 0. The van der Waals surface area contributed by atoms with Gasteiger partial charge in [0.1, 0.15) is 5.03 Å². The van der Waals surface area contributed by atoms with Gasteiger partial charge in [-0.2, -0.15) is 5.10 Å². The number of hydrogen-bond acceptors (Lipinski definition) is 4. The van der Waals surface area contributed by atoms with Crippen molar-refractivity contribution < 1.29 is 9.90 Å². The average molecular weight is 267 g/mol. The molecule has 0 fully saturated rings. The lowest BCUT2D eigenvalue weighted by atomic mass is 10.3. The topological polar surface area (TPSA) is 63.1 Å². The first-order valence-corrected chi connectivity index (χ1v) is 5.84. The smallest absolute Gasteiger partial charge is 0.338 e. The number of carboxylic acids is 1. The lowest BCUT2D eigenvalue weighted by Gasteiger charge is -2.03. The maximum absolute atomic E-state index is 11.0. The Balaban J connectivity index is 2.30. The first kappa shape index (κ1) is 11.9. The molecule has 1 N–H and O–H groups in total. The van der Waals surface area contributed by atoms with Crippen molar-refractivity contribution >= 4 is 29.3 Å². The van der Waals surface area contributed by atoms with Gasteiger partial charge in [-0.05, 0) is 30.3 Å². The highest BCUT2D eigenvalue weighted by molar-refractivity contribution is 7.99. The molecule has 0 bridgehead atoms. The number of carboxylic acid groups (broad SMARTS) is 1. The lowest BCUT2D eigenvalue weighted by molar-refractivity contribution is 0.0692. The molecule has 1 aromatic heterocycles. The van der Waals surface area contributed by atoms with Gasteiger partial charge in [-0.25, -0.2) is 4.79 Å². The Labute approximate surface area is 107 Å². The fourth-order valence-corrected chi connectivity index (χ4v) is 2.15. The number of halogens is 1. The number of aromatic nitrogens is 2. The Bertz CT molecular complexity index is 545. The molecule has 2 rings (SSSR count). The van der Waals surface area contributed by atoms with E-state index in [2.05, 4.69) is 10.2 Å². The molecule has 0 saturated carbocycles. The van der Waals surface area contributed by atoms with E-state index in [0.29, 0.717) is 10.0 Å². The number of carbonyl (C=O) groups is 1. The van der Waals surface area contributed by atoms with Crippen molar-refractivity contribution in [2.45, 2.75) is 9.92 Å². The minimum atomic E-state index is -1.02. The van der Waals surface area contributed by atoms with Gasteiger partial charge in [0.2, 0.25) is 0 Å². The molecule has 17 heavy (non-hydrogen) atoms. The zero-order chi connectivity index (χ0) is 12.3. The van der Waals surface area contributed by atoms with Gasteiger partial charge in [-0.1, -0.05) is 23.4 Å². The molecule has 4 nitrogen and oxygen atoms in total. The van der Waals surface area contributed by atoms with Crippen LogP contribution < -0.4 is 0 Å². The lowest BCUT2D eigenvalue weighted by Crippen LogP contribution is -2.01. The van der Waals surface area contributed by atoms with E-state index in [4.69, 9.17) is 16.7 Å². The molecule has 1 aromatic carbocycles. The normalized spacial score (nSPS) is 10.2. The van der Waals surface area contributed by atoms with Crippen LogP contribution in [0.5, 0.6) is 0 Å². The van der Waals surface area contributed by atoms with Crippen LogP contribution in [0.3, 0.4) is 0 Å². The molecule has 0 atom stereocenters. The van der Waals surface area contributed by atoms with Crippen LogP contribution in [-0.2, 0) is 0 Å². The Hall–Kier alpha value is -1.59. The molecular formula is C11H7ClN2O2S. The number of nitrogens with zero attached hydrogens (tertiary/aromatic N) is 2. The van der Waals surface area contributed by atoms with Gasteiger partial charge in [0.15, 0.2) is 0 Å². The summed E-state index contributed by atoms with van der Waals surface area (Å²) in [4.78, 5) is 11.8. The highest BCUT2D eigenvalue weighted by Gasteiger charge is 2.12. The van der Waals surface area contributed by atoms with Gasteiger partial charge >= 0.3 is 5.97 Å². The monoisotopic (exact) mass is 266 g/mol. The number of hydrogen-bond donors (Lipinski definition) is 1. The maximum atomic E-state index is 11.0. The van der Waals surface area contributed by atoms with Crippen molar-refractivity contribution in [1.82, 2.24) is 10.2 Å². The second-order valence-electron chi connectivity index (χ2n) is 3.11. The quantitative estimate of drug-likeness (QED) is 0.925. The summed E-state index contributed by atoms with van der Waals surface area (Å²) in [6.45, 7) is 0. The van der Waals surface area contributed by atoms with Crippen LogP contribution in [0, 0.1) is 0 Å². The Kier molecular flexibility index (Phi) is 3.61. The highest BCUT2D eigenvalue weighted by Crippen LogP contribution is 2.28. The molecule has 6 heteroatoms. The summed E-state index contributed by atoms with van der Waals surface area (Å²) in [5, 5.41) is 17.5. The Morgan fingerprint density at radius 2 is 1.94 bits per heavy atom. The minimum absolute atomic E-state index is 0.139. The molecule has 0 radical (unpaired) electrons. The number of benzene rings is 1. The minimum Gasteiger partial charge on any atom is -0.478 e. The molecule has 0 amide bonds. The van der Waals surface area contributed by atoms with Gasteiger partial charge in [0, 0.05) is 9.92 Å². The standard InChI is InChI=1S/C11H7ClN2O2S/c12-7-1-3-8(4-2-7)17-10-9(11(15)16)5-6-13-14-10/h1-6H,(H,15,16). The molecule has 0 aliphatic heterocycles. The van der Waals surface area contributed by atoms with E-state index < -0.39 is 5.97 Å². The van der Waals surface area contributed by atoms with Gasteiger partial charge in [-0.15, -0.1) is 5.10 Å². The van der Waals surface area contributed by atoms with E-state index in [-0.39, 0.29) is 5.56 Å². The molecule has 0 spiro atoms. The summed E-state index contributed by atoms with van der Waals surface area (Å²) in [7, 11) is 0. The zero-order valence-electron chi connectivity index (χ0n) is 8.50. The second kappa shape index (κ2) is 5.16. The van der Waals surface area contributed by atoms with Crippen molar-refractivity contribution in [3.8, 4) is 0 Å². The van der Waals surface area contributed by atoms with Crippen molar-refractivity contribution in [2.75, 3.05) is 0 Å². The van der Waals surface area contributed by atoms with Crippen LogP contribution in [0.15, 0.2) is 46.5 Å². The molecule has 86 valence electrons. The first-order valence-electron chi connectivity index (χ1n) is 4.65. The fourth-order valence-electron chi connectivity index (χ4n) is 1.17. The van der Waals surface area contributed by atoms with Gasteiger partial charge < -0.3 is 5.11 Å². The number of rotatable bonds is 3. The summed E-state index contributed by atoms with van der Waals surface area (Å²) in [6, 6.07) is 8.50. The van der Waals surface area contributed by atoms with Crippen LogP contribution >= 0.6 is 23.4 Å². The Morgan fingerprint density at radius 3 is 2.59 bits per heavy atom. The predicted octanol–water partition coefficient (Wildman–Crippen LogP) is 2.98. The summed E-state index contributed by atoms with van der Waals surface area (Å²) in [5.41, 5.74) is 0.139. The molecule has 2 aromatic rings. The fraction of sp³-hybridized carbons (Fsp3) is 0. The van der Waals surface area contributed by atoms with Crippen LogP contribution in [0.1, 0.15) is 10.4 Å². The van der Waals surface area contributed by atoms with E-state index in [0.717, 1.165) is 4.90 Å². The largest absolute Gasteiger partial charge is 0.478 e. The first-order chi connectivity index (χ1) is 8.16. The summed E-state index contributed by atoms with van der Waals surface area (Å²) >= 11 is 7.00. The highest BCUT2D eigenvalue weighted by atomic mass is 35.5. The third-order valence-corrected chi connectivity index (χ3v) is 3.20. The molecule has 0 aliphatic carbocycles. The molecule has 0 saturated heterocycles. The predicted molar refractivity (Wildman–Crippen MR) is 64.6 cm³/mol. The van der Waals surface area contributed by atoms with Crippen molar-refractivity contribution in [1.29, 1.82) is 0 Å². The van der Waals surface area contributed by atoms with Crippen LogP contribution in [0.25, 0.3) is 0 Å². The van der Waals surface area contributed by atoms with Crippen molar-refractivity contribution in [2.24, 2.45) is 0 Å². The van der Waals surface area contributed by atoms with E-state index in [1.165, 1.54) is 24.0 Å². The molecule has 1 heterocycles. The zero-order valence-corrected chi connectivity index (χ0v) is 10.1. The molecule has 0 unspecified atom stereocenters. The third-order valence-electron chi connectivity index (χ3n) is 1.95. The SMILES string of the molecule is O=C(O)c1ccnnc1Sc1ccc(Cl)cc1. The number of aromatic carboxylic acids is 1. The molecular weight excluding hydrogens is 260 g/mol. The van der Waals surface area contributed by atoms with Crippen LogP contribution in [0.4, 0.5) is 0 Å². The maximum Gasteiger partial charge on any atom is 0.338 e. The van der Waals surface area contributed by atoms with E-state index in [1.54, 1.807) is 24.3 Å². The second-order valence-corrected chi connectivity index (χ2v) is 4.61. The van der Waals surface area contributed by atoms with E-state index >= 15 is 0 Å². The third kappa shape index (κ3) is 2.95. The van der Waals surface area contributed by atoms with Gasteiger partial charge in [0.05, 0.1) is 11.8 Å². The van der Waals surface area contributed by atoms with Gasteiger partial charge in [-0.3, -0.25) is 0 Å².